The van der Waals surface area contributed by atoms with Crippen molar-refractivity contribution < 1.29 is 19.4 Å². The maximum absolute atomic E-state index is 12.8. The van der Waals surface area contributed by atoms with Gasteiger partial charge >= 0.3 is 5.97 Å². The third kappa shape index (κ3) is 4.72. The lowest BCUT2D eigenvalue weighted by Crippen LogP contribution is -2.30. The van der Waals surface area contributed by atoms with Gasteiger partial charge in [-0.15, -0.1) is 0 Å². The smallest absolute Gasteiger partial charge is 0.360 e. The first-order valence-corrected chi connectivity index (χ1v) is 10.1. The summed E-state index contributed by atoms with van der Waals surface area (Å²) < 4.78 is 6.43. The molecule has 2 aromatic carbocycles. The van der Waals surface area contributed by atoms with Gasteiger partial charge in [-0.25, -0.2) is 9.48 Å². The Morgan fingerprint density at radius 1 is 1.06 bits per heavy atom. The molecule has 1 N–H and O–H groups in total. The van der Waals surface area contributed by atoms with Gasteiger partial charge in [0, 0.05) is 10.9 Å². The number of ketones is 1. The number of aliphatic hydroxyl groups excluding tert-OH is 1. The van der Waals surface area contributed by atoms with Crippen molar-refractivity contribution in [1.29, 1.82) is 0 Å². The predicted molar refractivity (Wildman–Crippen MR) is 117 cm³/mol. The van der Waals surface area contributed by atoms with Gasteiger partial charge in [0.2, 0.25) is 5.78 Å². The van der Waals surface area contributed by atoms with Gasteiger partial charge in [0.05, 0.1) is 18.5 Å². The van der Waals surface area contributed by atoms with Crippen LogP contribution in [-0.4, -0.2) is 39.4 Å². The number of aliphatic hydroxyl groups is 1. The third-order valence-electron chi connectivity index (χ3n) is 5.06. The summed E-state index contributed by atoms with van der Waals surface area (Å²) in [6.45, 7) is 7.40. The molecular weight excluding hydrogens is 396 g/mol. The molecule has 0 amide bonds. The highest BCUT2D eigenvalue weighted by molar-refractivity contribution is 6.05. The summed E-state index contributed by atoms with van der Waals surface area (Å²) in [7, 11) is 0. The average Bonchev–Trinajstić information content (AvgIpc) is 2.74. The number of hydrogen-bond donors (Lipinski definition) is 1. The normalized spacial score (nSPS) is 12.5. The van der Waals surface area contributed by atoms with Crippen molar-refractivity contribution in [2.45, 2.75) is 45.8 Å². The molecule has 0 spiro atoms. The zero-order chi connectivity index (χ0) is 22.8. The van der Waals surface area contributed by atoms with Gasteiger partial charge < -0.3 is 9.84 Å². The second-order valence-electron chi connectivity index (χ2n) is 8.39. The average molecular weight is 422 g/mol. The minimum atomic E-state index is -1.04. The van der Waals surface area contributed by atoms with Crippen LogP contribution in [0.15, 0.2) is 53.3 Å². The summed E-state index contributed by atoms with van der Waals surface area (Å²) in [6.07, 6.45) is -1.04. The second-order valence-corrected chi connectivity index (χ2v) is 8.39. The minimum Gasteiger partial charge on any atom is -0.449 e. The Morgan fingerprint density at radius 3 is 2.26 bits per heavy atom. The first-order chi connectivity index (χ1) is 14.6. The molecule has 0 aliphatic heterocycles. The quantitative estimate of drug-likeness (QED) is 0.484. The molecule has 0 saturated carbocycles. The Morgan fingerprint density at radius 2 is 1.68 bits per heavy atom. The van der Waals surface area contributed by atoms with Crippen LogP contribution in [0.1, 0.15) is 54.1 Å². The lowest BCUT2D eigenvalue weighted by molar-refractivity contribution is 0.0312. The Bertz CT molecular complexity index is 1170. The maximum atomic E-state index is 12.8. The van der Waals surface area contributed by atoms with Crippen LogP contribution >= 0.6 is 0 Å². The highest BCUT2D eigenvalue weighted by Gasteiger charge is 2.24. The van der Waals surface area contributed by atoms with E-state index < -0.39 is 17.6 Å². The zero-order valence-electron chi connectivity index (χ0n) is 18.1. The van der Waals surface area contributed by atoms with Crippen LogP contribution in [0.4, 0.5) is 0 Å². The number of nitrogens with zero attached hydrogens (tertiary/aromatic N) is 2. The standard InChI is InChI=1S/C24H26N2O5/c1-15(21(28)16-9-11-17(12-10-16)24(2,3)4)31-23(30)20-18-7-5-6-8-19(18)22(29)26(25-20)13-14-27/h5-12,15,27H,13-14H2,1-4H3/t15-/m0/s1. The van der Waals surface area contributed by atoms with Gasteiger partial charge in [0.15, 0.2) is 11.8 Å². The Labute approximate surface area is 180 Å². The van der Waals surface area contributed by atoms with E-state index in [9.17, 15) is 19.5 Å². The number of Topliss-reactive ketones (excluding diaryl/α,β-unsaturated/α-hetero) is 1. The number of esters is 1. The third-order valence-corrected chi connectivity index (χ3v) is 5.06. The molecule has 3 rings (SSSR count). The monoisotopic (exact) mass is 422 g/mol. The topological polar surface area (TPSA) is 98.5 Å². The zero-order valence-corrected chi connectivity index (χ0v) is 18.1. The van der Waals surface area contributed by atoms with Crippen molar-refractivity contribution in [3.8, 4) is 0 Å². The molecule has 0 radical (unpaired) electrons. The van der Waals surface area contributed by atoms with Crippen molar-refractivity contribution in [2.24, 2.45) is 0 Å². The molecule has 1 atom stereocenters. The molecule has 7 nitrogen and oxygen atoms in total. The fourth-order valence-corrected chi connectivity index (χ4v) is 3.27. The number of rotatable bonds is 6. The number of benzene rings is 2. The summed E-state index contributed by atoms with van der Waals surface area (Å²) in [5, 5.41) is 13.9. The van der Waals surface area contributed by atoms with E-state index in [1.807, 2.05) is 12.1 Å². The molecule has 3 aromatic rings. The largest absolute Gasteiger partial charge is 0.449 e. The van der Waals surface area contributed by atoms with E-state index in [-0.39, 0.29) is 35.4 Å². The van der Waals surface area contributed by atoms with Crippen molar-refractivity contribution in [3.63, 3.8) is 0 Å². The van der Waals surface area contributed by atoms with Crippen LogP contribution in [-0.2, 0) is 16.7 Å². The summed E-state index contributed by atoms with van der Waals surface area (Å²) >= 11 is 0. The van der Waals surface area contributed by atoms with E-state index in [2.05, 4.69) is 25.9 Å². The molecule has 0 bridgehead atoms. The Kier molecular flexibility index (Phi) is 6.36. The van der Waals surface area contributed by atoms with Crippen molar-refractivity contribution in [2.75, 3.05) is 6.61 Å². The summed E-state index contributed by atoms with van der Waals surface area (Å²) in [5.41, 5.74) is 1.01. The van der Waals surface area contributed by atoms with Gasteiger partial charge in [0.25, 0.3) is 5.56 Å². The minimum absolute atomic E-state index is 0.0376. The molecule has 1 aromatic heterocycles. The number of hydrogen-bond acceptors (Lipinski definition) is 6. The number of carbonyl (C=O) groups is 2. The van der Waals surface area contributed by atoms with Crippen LogP contribution in [0, 0.1) is 0 Å². The van der Waals surface area contributed by atoms with Crippen LogP contribution < -0.4 is 5.56 Å². The molecular formula is C24H26N2O5. The molecule has 162 valence electrons. The fourth-order valence-electron chi connectivity index (χ4n) is 3.27. The number of aromatic nitrogens is 2. The van der Waals surface area contributed by atoms with Gasteiger partial charge in [-0.2, -0.15) is 5.10 Å². The number of carbonyl (C=O) groups excluding carboxylic acids is 2. The Balaban J connectivity index is 1.87. The second kappa shape index (κ2) is 8.81. The lowest BCUT2D eigenvalue weighted by Gasteiger charge is -2.19. The van der Waals surface area contributed by atoms with Crippen LogP contribution in [0.3, 0.4) is 0 Å². The molecule has 0 fully saturated rings. The molecule has 0 saturated heterocycles. The van der Waals surface area contributed by atoms with Gasteiger partial charge in [-0.05, 0) is 24.0 Å². The van der Waals surface area contributed by atoms with Crippen LogP contribution in [0.25, 0.3) is 10.8 Å². The summed E-state index contributed by atoms with van der Waals surface area (Å²) in [5.74, 6) is -1.14. The van der Waals surface area contributed by atoms with E-state index in [4.69, 9.17) is 4.74 Å². The highest BCUT2D eigenvalue weighted by atomic mass is 16.5. The van der Waals surface area contributed by atoms with Crippen LogP contribution in [0.5, 0.6) is 0 Å². The van der Waals surface area contributed by atoms with E-state index in [0.29, 0.717) is 10.9 Å². The molecule has 0 unspecified atom stereocenters. The van der Waals surface area contributed by atoms with Crippen LogP contribution in [0.2, 0.25) is 0 Å². The Hall–Kier alpha value is -3.32. The molecule has 31 heavy (non-hydrogen) atoms. The van der Waals surface area contributed by atoms with Gasteiger partial charge in [-0.3, -0.25) is 9.59 Å². The first kappa shape index (κ1) is 22.4. The van der Waals surface area contributed by atoms with E-state index >= 15 is 0 Å². The summed E-state index contributed by atoms with van der Waals surface area (Å²) in [4.78, 5) is 38.1. The maximum Gasteiger partial charge on any atom is 0.360 e. The highest BCUT2D eigenvalue weighted by Crippen LogP contribution is 2.23. The molecule has 0 aliphatic carbocycles. The van der Waals surface area contributed by atoms with E-state index in [1.165, 1.54) is 6.92 Å². The molecule has 0 aliphatic rings. The molecule has 7 heteroatoms. The van der Waals surface area contributed by atoms with Crippen molar-refractivity contribution in [1.82, 2.24) is 9.78 Å². The van der Waals surface area contributed by atoms with Crippen molar-refractivity contribution >= 4 is 22.5 Å². The lowest BCUT2D eigenvalue weighted by atomic mass is 9.86. The fraction of sp³-hybridized carbons (Fsp3) is 0.333. The summed E-state index contributed by atoms with van der Waals surface area (Å²) in [6, 6.07) is 13.8. The van der Waals surface area contributed by atoms with Crippen molar-refractivity contribution in [3.05, 3.63) is 75.7 Å². The van der Waals surface area contributed by atoms with E-state index in [0.717, 1.165) is 10.2 Å². The van der Waals surface area contributed by atoms with E-state index in [1.54, 1.807) is 36.4 Å². The number of ether oxygens (including phenoxy) is 1. The van der Waals surface area contributed by atoms with Gasteiger partial charge in [0.1, 0.15) is 0 Å². The first-order valence-electron chi connectivity index (χ1n) is 10.1. The SMILES string of the molecule is C[C@H](OC(=O)c1nn(CCO)c(=O)c2ccccc12)C(=O)c1ccc(C(C)(C)C)cc1. The molecule has 1 heterocycles. The predicted octanol–water partition coefficient (Wildman–Crippen LogP) is 3.11. The van der Waals surface area contributed by atoms with Gasteiger partial charge in [-0.1, -0.05) is 63.2 Å². The number of fused-ring (bicyclic) bond motifs is 1.